The molecule has 2 aromatic heterocycles. The number of thiophene rings is 1. The molecule has 0 saturated carbocycles. The molecule has 0 aliphatic carbocycles. The molecule has 1 saturated heterocycles. The Balaban J connectivity index is 1.46. The number of rotatable bonds is 5. The van der Waals surface area contributed by atoms with Crippen LogP contribution in [0.5, 0.6) is 0 Å². The van der Waals surface area contributed by atoms with Crippen LogP contribution in [-0.4, -0.2) is 34.0 Å². The van der Waals surface area contributed by atoms with Gasteiger partial charge in [-0.2, -0.15) is 0 Å². The van der Waals surface area contributed by atoms with Gasteiger partial charge in [-0.25, -0.2) is 0 Å². The van der Waals surface area contributed by atoms with E-state index >= 15 is 0 Å². The molecule has 3 heterocycles. The Bertz CT molecular complexity index is 1280. The molecule has 2 N–H and O–H groups in total. The Labute approximate surface area is 197 Å². The number of aryl methyl sites for hydroxylation is 1. The van der Waals surface area contributed by atoms with Crippen molar-refractivity contribution in [3.05, 3.63) is 88.4 Å². The highest BCUT2D eigenvalue weighted by Gasteiger charge is 2.27. The third-order valence-corrected chi connectivity index (χ3v) is 7.55. The summed E-state index contributed by atoms with van der Waals surface area (Å²) in [6, 6.07) is 18.6. The van der Waals surface area contributed by atoms with Gasteiger partial charge in [0, 0.05) is 30.5 Å². The van der Waals surface area contributed by atoms with Crippen LogP contribution in [0.3, 0.4) is 0 Å². The minimum atomic E-state index is -0.0723. The second kappa shape index (κ2) is 9.33. The van der Waals surface area contributed by atoms with Gasteiger partial charge >= 0.3 is 0 Å². The highest BCUT2D eigenvalue weighted by Crippen LogP contribution is 2.37. The lowest BCUT2D eigenvalue weighted by molar-refractivity contribution is 0.0714. The molecule has 5 rings (SSSR count). The minimum Gasteiger partial charge on any atom is -0.392 e. The van der Waals surface area contributed by atoms with Gasteiger partial charge in [-0.15, -0.1) is 11.3 Å². The van der Waals surface area contributed by atoms with Gasteiger partial charge in [-0.1, -0.05) is 48.5 Å². The number of carbonyl (C=O) groups is 1. The van der Waals surface area contributed by atoms with Gasteiger partial charge in [-0.3, -0.25) is 9.78 Å². The number of likely N-dealkylation sites (tertiary alicyclic amines) is 1. The smallest absolute Gasteiger partial charge is 0.257 e. The Kier molecular flexibility index (Phi) is 6.11. The van der Waals surface area contributed by atoms with Crippen LogP contribution in [0.2, 0.25) is 0 Å². The molecule has 1 aliphatic rings. The van der Waals surface area contributed by atoms with Crippen molar-refractivity contribution in [1.29, 1.82) is 0 Å². The number of nitrogens with one attached hydrogen (secondary N) is 1. The predicted octanol–water partition coefficient (Wildman–Crippen LogP) is 5.86. The SMILES string of the molecule is Cc1ccccc1Nc1c(C(=O)N2CCC(c3ccccc3)CC2)cnc2c(CO)csc12. The van der Waals surface area contributed by atoms with E-state index in [9.17, 15) is 9.90 Å². The standard InChI is InChI=1S/C27H27N3O2S/c1-18-7-5-6-10-23(18)29-25-22(15-28-24-21(16-31)17-33-26(24)25)27(32)30-13-11-20(12-14-30)19-8-3-2-4-9-19/h2-10,15,17,20,31H,11-14,16H2,1H3,(H,28,29). The highest BCUT2D eigenvalue weighted by molar-refractivity contribution is 7.18. The summed E-state index contributed by atoms with van der Waals surface area (Å²) in [5, 5.41) is 15.2. The molecule has 1 aliphatic heterocycles. The summed E-state index contributed by atoms with van der Waals surface area (Å²) in [6.07, 6.45) is 3.58. The molecule has 1 amide bonds. The number of aliphatic hydroxyl groups is 1. The number of pyridine rings is 1. The summed E-state index contributed by atoms with van der Waals surface area (Å²) in [7, 11) is 0. The van der Waals surface area contributed by atoms with Crippen molar-refractivity contribution in [2.75, 3.05) is 18.4 Å². The predicted molar refractivity (Wildman–Crippen MR) is 134 cm³/mol. The summed E-state index contributed by atoms with van der Waals surface area (Å²) in [5.74, 6) is 0.496. The topological polar surface area (TPSA) is 65.5 Å². The van der Waals surface area contributed by atoms with E-state index in [4.69, 9.17) is 0 Å². The van der Waals surface area contributed by atoms with Crippen LogP contribution in [0.15, 0.2) is 66.2 Å². The van der Waals surface area contributed by atoms with Crippen LogP contribution in [0, 0.1) is 6.92 Å². The van der Waals surface area contributed by atoms with Crippen LogP contribution in [0.1, 0.15) is 45.8 Å². The van der Waals surface area contributed by atoms with Crippen molar-refractivity contribution in [1.82, 2.24) is 9.88 Å². The Morgan fingerprint density at radius 2 is 1.85 bits per heavy atom. The van der Waals surface area contributed by atoms with Gasteiger partial charge < -0.3 is 15.3 Å². The third kappa shape index (κ3) is 4.24. The lowest BCUT2D eigenvalue weighted by atomic mass is 9.89. The number of aromatic nitrogens is 1. The molecule has 33 heavy (non-hydrogen) atoms. The van der Waals surface area contributed by atoms with Gasteiger partial charge in [0.1, 0.15) is 0 Å². The summed E-state index contributed by atoms with van der Waals surface area (Å²) in [6.45, 7) is 3.43. The van der Waals surface area contributed by atoms with E-state index in [1.807, 2.05) is 47.5 Å². The number of hydrogen-bond acceptors (Lipinski definition) is 5. The maximum Gasteiger partial charge on any atom is 0.257 e. The van der Waals surface area contributed by atoms with Gasteiger partial charge in [0.25, 0.3) is 5.91 Å². The van der Waals surface area contributed by atoms with E-state index in [1.165, 1.54) is 16.9 Å². The molecular weight excluding hydrogens is 430 g/mol. The summed E-state index contributed by atoms with van der Waals surface area (Å²) in [5.41, 5.74) is 6.29. The van der Waals surface area contributed by atoms with E-state index in [1.54, 1.807) is 6.20 Å². The van der Waals surface area contributed by atoms with E-state index < -0.39 is 0 Å². The molecule has 0 unspecified atom stereocenters. The van der Waals surface area contributed by atoms with E-state index in [2.05, 4.69) is 34.6 Å². The van der Waals surface area contributed by atoms with Gasteiger partial charge in [-0.05, 0) is 48.3 Å². The Morgan fingerprint density at radius 3 is 2.58 bits per heavy atom. The van der Waals surface area contributed by atoms with Crippen molar-refractivity contribution >= 4 is 38.8 Å². The fraction of sp³-hybridized carbons (Fsp3) is 0.259. The number of aliphatic hydroxyl groups excluding tert-OH is 1. The first-order valence-corrected chi connectivity index (χ1v) is 12.2. The fourth-order valence-corrected chi connectivity index (χ4v) is 5.60. The van der Waals surface area contributed by atoms with E-state index in [-0.39, 0.29) is 12.5 Å². The number of nitrogens with zero attached hydrogens (tertiary/aromatic N) is 2. The largest absolute Gasteiger partial charge is 0.392 e. The van der Waals surface area contributed by atoms with Crippen molar-refractivity contribution in [3.8, 4) is 0 Å². The second-order valence-electron chi connectivity index (χ2n) is 8.56. The number of benzene rings is 2. The maximum absolute atomic E-state index is 13.7. The third-order valence-electron chi connectivity index (χ3n) is 6.52. The van der Waals surface area contributed by atoms with Crippen LogP contribution in [0.25, 0.3) is 10.2 Å². The highest BCUT2D eigenvalue weighted by atomic mass is 32.1. The first kappa shape index (κ1) is 21.6. The normalized spacial score (nSPS) is 14.5. The average molecular weight is 458 g/mol. The first-order chi connectivity index (χ1) is 16.2. The molecule has 5 nitrogen and oxygen atoms in total. The zero-order chi connectivity index (χ0) is 22.8. The van der Waals surface area contributed by atoms with Crippen molar-refractivity contribution in [2.24, 2.45) is 0 Å². The van der Waals surface area contributed by atoms with Gasteiger partial charge in [0.15, 0.2) is 0 Å². The quantitative estimate of drug-likeness (QED) is 0.394. The lowest BCUT2D eigenvalue weighted by Crippen LogP contribution is -2.38. The Hall–Kier alpha value is -3.22. The van der Waals surface area contributed by atoms with Gasteiger partial charge in [0.05, 0.1) is 28.1 Å². The van der Waals surface area contributed by atoms with E-state index in [0.717, 1.165) is 58.6 Å². The zero-order valence-electron chi connectivity index (χ0n) is 18.6. The number of carbonyl (C=O) groups excluding carboxylic acids is 1. The molecule has 2 aromatic carbocycles. The number of anilines is 2. The zero-order valence-corrected chi connectivity index (χ0v) is 19.4. The molecule has 1 fully saturated rings. The number of hydrogen-bond donors (Lipinski definition) is 2. The lowest BCUT2D eigenvalue weighted by Gasteiger charge is -2.32. The Morgan fingerprint density at radius 1 is 1.12 bits per heavy atom. The molecule has 0 radical (unpaired) electrons. The van der Waals surface area contributed by atoms with Crippen molar-refractivity contribution in [3.63, 3.8) is 0 Å². The monoisotopic (exact) mass is 457 g/mol. The number of para-hydroxylation sites is 1. The molecule has 4 aromatic rings. The fourth-order valence-electron chi connectivity index (χ4n) is 4.58. The van der Waals surface area contributed by atoms with Crippen LogP contribution in [0.4, 0.5) is 11.4 Å². The first-order valence-electron chi connectivity index (χ1n) is 11.3. The molecule has 0 atom stereocenters. The second-order valence-corrected chi connectivity index (χ2v) is 9.44. The van der Waals surface area contributed by atoms with Crippen LogP contribution in [-0.2, 0) is 6.61 Å². The van der Waals surface area contributed by atoms with Crippen molar-refractivity contribution in [2.45, 2.75) is 32.3 Å². The number of amides is 1. The summed E-state index contributed by atoms with van der Waals surface area (Å²) < 4.78 is 0.896. The molecule has 6 heteroatoms. The summed E-state index contributed by atoms with van der Waals surface area (Å²) >= 11 is 1.51. The molecule has 0 bridgehead atoms. The molecular formula is C27H27N3O2S. The molecule has 0 spiro atoms. The van der Waals surface area contributed by atoms with E-state index in [0.29, 0.717) is 11.5 Å². The van der Waals surface area contributed by atoms with Crippen LogP contribution < -0.4 is 5.32 Å². The van der Waals surface area contributed by atoms with Gasteiger partial charge in [0.2, 0.25) is 0 Å². The minimum absolute atomic E-state index is 0.00550. The summed E-state index contributed by atoms with van der Waals surface area (Å²) in [4.78, 5) is 20.2. The molecule has 168 valence electrons. The average Bonchev–Trinajstić information content (AvgIpc) is 3.29. The number of fused-ring (bicyclic) bond motifs is 1. The maximum atomic E-state index is 13.7. The van der Waals surface area contributed by atoms with Crippen molar-refractivity contribution < 1.29 is 9.90 Å². The van der Waals surface area contributed by atoms with Crippen LogP contribution >= 0.6 is 11.3 Å². The number of piperidine rings is 1.